The molecule has 7 heteroatoms. The highest BCUT2D eigenvalue weighted by Crippen LogP contribution is 2.35. The van der Waals surface area contributed by atoms with Crippen LogP contribution in [0.15, 0.2) is 30.3 Å². The van der Waals surface area contributed by atoms with Gasteiger partial charge in [-0.15, -0.1) is 0 Å². The number of ether oxygens (including phenoxy) is 1. The molecular formula is C10H14BO5P. The Morgan fingerprint density at radius 1 is 1.06 bits per heavy atom. The maximum Gasteiger partial charge on any atom is 0.331 e. The standard InChI is InChI=1S/C7H5BO2.C3H9O3P/c8-7(9)10-6-4-2-1-3-5-6;1-4-7(5-2)6-3/h1-5H;1-3H3. The average Bonchev–Trinajstić information content (AvgIpc) is 2.32. The van der Waals surface area contributed by atoms with Crippen LogP contribution in [0.5, 0.6) is 5.75 Å². The van der Waals surface area contributed by atoms with Crippen LogP contribution in [-0.4, -0.2) is 35.0 Å². The molecule has 0 N–H and O–H groups in total. The van der Waals surface area contributed by atoms with Crippen LogP contribution in [0.2, 0.25) is 0 Å². The van der Waals surface area contributed by atoms with E-state index in [0.717, 1.165) is 0 Å². The van der Waals surface area contributed by atoms with Crippen LogP contribution in [0.1, 0.15) is 0 Å². The van der Waals surface area contributed by atoms with Crippen LogP contribution in [0.4, 0.5) is 4.79 Å². The quantitative estimate of drug-likeness (QED) is 0.611. The Morgan fingerprint density at radius 3 is 1.82 bits per heavy atom. The minimum atomic E-state index is -1.05. The predicted octanol–water partition coefficient (Wildman–Crippen LogP) is 2.51. The first-order valence-corrected chi connectivity index (χ1v) is 5.68. The van der Waals surface area contributed by atoms with Crippen molar-refractivity contribution in [1.29, 1.82) is 0 Å². The maximum atomic E-state index is 10.2. The van der Waals surface area contributed by atoms with Crippen LogP contribution in [0.3, 0.4) is 0 Å². The van der Waals surface area contributed by atoms with Gasteiger partial charge in [0, 0.05) is 21.3 Å². The maximum absolute atomic E-state index is 10.2. The predicted molar refractivity (Wildman–Crippen MR) is 66.2 cm³/mol. The first kappa shape index (κ1) is 16.1. The Labute approximate surface area is 103 Å². The van der Waals surface area contributed by atoms with Gasteiger partial charge < -0.3 is 18.3 Å². The van der Waals surface area contributed by atoms with E-state index in [-0.39, 0.29) is 0 Å². The summed E-state index contributed by atoms with van der Waals surface area (Å²) in [6.07, 6.45) is 0. The molecular weight excluding hydrogens is 242 g/mol. The summed E-state index contributed by atoms with van der Waals surface area (Å²) in [5, 5.41) is 0. The highest BCUT2D eigenvalue weighted by Gasteiger charge is 2.00. The van der Waals surface area contributed by atoms with Gasteiger partial charge in [0.05, 0.1) is 0 Å². The number of hydrogen-bond acceptors (Lipinski definition) is 5. The van der Waals surface area contributed by atoms with E-state index in [1.54, 1.807) is 45.6 Å². The fourth-order valence-corrected chi connectivity index (χ4v) is 1.28. The van der Waals surface area contributed by atoms with Gasteiger partial charge in [-0.1, -0.05) is 18.2 Å². The molecule has 0 saturated heterocycles. The molecule has 0 saturated carbocycles. The van der Waals surface area contributed by atoms with Crippen LogP contribution in [0, 0.1) is 0 Å². The topological polar surface area (TPSA) is 54.0 Å². The van der Waals surface area contributed by atoms with Gasteiger partial charge in [-0.3, -0.25) is 4.79 Å². The fraction of sp³-hybridized carbons (Fsp3) is 0.300. The number of hydrogen-bond donors (Lipinski definition) is 0. The van der Waals surface area contributed by atoms with Crippen LogP contribution >= 0.6 is 8.60 Å². The first-order valence-electron chi connectivity index (χ1n) is 4.58. The SMILES string of the molecule is COP(OC)OC.[B]C(=O)Oc1ccccc1. The molecule has 1 aromatic carbocycles. The molecule has 0 unspecified atom stereocenters. The van der Waals surface area contributed by atoms with Crippen molar-refractivity contribution in [2.75, 3.05) is 21.3 Å². The van der Waals surface area contributed by atoms with E-state index in [4.69, 9.17) is 7.85 Å². The molecule has 0 fully saturated rings. The zero-order valence-electron chi connectivity index (χ0n) is 9.95. The lowest BCUT2D eigenvalue weighted by molar-refractivity contribution is 0.225. The highest BCUT2D eigenvalue weighted by molar-refractivity contribution is 7.41. The third-order valence-corrected chi connectivity index (χ3v) is 2.30. The lowest BCUT2D eigenvalue weighted by Crippen LogP contribution is -2.03. The molecule has 17 heavy (non-hydrogen) atoms. The molecule has 1 aromatic rings. The van der Waals surface area contributed by atoms with Gasteiger partial charge >= 0.3 is 8.60 Å². The molecule has 0 atom stereocenters. The molecule has 0 aromatic heterocycles. The molecule has 0 aliphatic rings. The van der Waals surface area contributed by atoms with E-state index < -0.39 is 14.5 Å². The minimum Gasteiger partial charge on any atom is -0.436 e. The van der Waals surface area contributed by atoms with E-state index in [0.29, 0.717) is 5.75 Å². The average molecular weight is 256 g/mol. The molecule has 1 rings (SSSR count). The Balaban J connectivity index is 0.000000325. The molecule has 0 bridgehead atoms. The summed E-state index contributed by atoms with van der Waals surface area (Å²) in [7, 11) is 8.33. The van der Waals surface area contributed by atoms with Crippen LogP contribution in [-0.2, 0) is 13.6 Å². The van der Waals surface area contributed by atoms with Crippen molar-refractivity contribution in [3.8, 4) is 5.75 Å². The largest absolute Gasteiger partial charge is 0.436 e. The Kier molecular flexibility index (Phi) is 9.67. The number of carbonyl (C=O) groups is 1. The zero-order valence-corrected chi connectivity index (χ0v) is 10.8. The summed E-state index contributed by atoms with van der Waals surface area (Å²) in [5.41, 5.74) is 0. The van der Waals surface area contributed by atoms with Crippen molar-refractivity contribution in [3.63, 3.8) is 0 Å². The summed E-state index contributed by atoms with van der Waals surface area (Å²) in [6, 6.07) is 8.67. The van der Waals surface area contributed by atoms with Crippen molar-refractivity contribution in [1.82, 2.24) is 0 Å². The summed E-state index contributed by atoms with van der Waals surface area (Å²) in [6.45, 7) is 0. The van der Waals surface area contributed by atoms with Crippen molar-refractivity contribution < 1.29 is 23.1 Å². The third kappa shape index (κ3) is 8.83. The zero-order chi connectivity index (χ0) is 13.1. The van der Waals surface area contributed by atoms with E-state index >= 15 is 0 Å². The van der Waals surface area contributed by atoms with E-state index in [1.807, 2.05) is 6.07 Å². The van der Waals surface area contributed by atoms with Gasteiger partial charge in [-0.25, -0.2) is 0 Å². The minimum absolute atomic E-state index is 0.468. The second-order valence-electron chi connectivity index (χ2n) is 2.51. The molecule has 2 radical (unpaired) electrons. The van der Waals surface area contributed by atoms with E-state index in [9.17, 15) is 4.79 Å². The van der Waals surface area contributed by atoms with Gasteiger partial charge in [0.15, 0.2) is 0 Å². The number of benzene rings is 1. The van der Waals surface area contributed by atoms with Crippen molar-refractivity contribution in [3.05, 3.63) is 30.3 Å². The molecule has 0 aliphatic carbocycles. The lowest BCUT2D eigenvalue weighted by Gasteiger charge is -2.05. The van der Waals surface area contributed by atoms with Gasteiger partial charge in [-0.05, 0) is 12.1 Å². The van der Waals surface area contributed by atoms with Gasteiger partial charge in [-0.2, -0.15) is 0 Å². The molecule has 92 valence electrons. The fourth-order valence-electron chi connectivity index (χ4n) is 0.828. The van der Waals surface area contributed by atoms with Gasteiger partial charge in [0.2, 0.25) is 13.7 Å². The Hall–Kier alpha value is -0.935. The second kappa shape index (κ2) is 10.2. The second-order valence-corrected chi connectivity index (χ2v) is 4.05. The Morgan fingerprint density at radius 2 is 1.53 bits per heavy atom. The molecule has 0 heterocycles. The van der Waals surface area contributed by atoms with E-state index in [2.05, 4.69) is 18.3 Å². The number of para-hydroxylation sites is 1. The molecule has 0 spiro atoms. The summed E-state index contributed by atoms with van der Waals surface area (Å²) < 4.78 is 18.6. The summed E-state index contributed by atoms with van der Waals surface area (Å²) >= 11 is 0. The normalized spacial score (nSPS) is 9.41. The summed E-state index contributed by atoms with van der Waals surface area (Å²) in [5.74, 6) is -0.318. The monoisotopic (exact) mass is 256 g/mol. The highest BCUT2D eigenvalue weighted by atomic mass is 31.2. The molecule has 5 nitrogen and oxygen atoms in total. The van der Waals surface area contributed by atoms with Crippen molar-refractivity contribution >= 4 is 22.3 Å². The first-order chi connectivity index (χ1) is 8.13. The van der Waals surface area contributed by atoms with Crippen molar-refractivity contribution in [2.45, 2.75) is 0 Å². The van der Waals surface area contributed by atoms with Gasteiger partial charge in [0.1, 0.15) is 5.75 Å². The van der Waals surface area contributed by atoms with E-state index in [1.165, 1.54) is 0 Å². The van der Waals surface area contributed by atoms with Crippen LogP contribution < -0.4 is 4.74 Å². The molecule has 0 amide bonds. The summed E-state index contributed by atoms with van der Waals surface area (Å²) in [4.78, 5) is 10.2. The van der Waals surface area contributed by atoms with Crippen LogP contribution in [0.25, 0.3) is 0 Å². The Bertz CT molecular complexity index is 299. The van der Waals surface area contributed by atoms with Crippen molar-refractivity contribution in [2.24, 2.45) is 0 Å². The van der Waals surface area contributed by atoms with Gasteiger partial charge in [0.25, 0.3) is 0 Å². The molecule has 0 aliphatic heterocycles. The number of rotatable bonds is 4. The lowest BCUT2D eigenvalue weighted by atomic mass is 10.2. The number of carbonyl (C=O) groups excluding carboxylic acids is 1. The third-order valence-electron chi connectivity index (χ3n) is 1.41. The smallest absolute Gasteiger partial charge is 0.331 e.